The molecule has 0 radical (unpaired) electrons. The molecular weight excluding hydrogens is 254 g/mol. The summed E-state index contributed by atoms with van der Waals surface area (Å²) in [6.45, 7) is 12.5. The van der Waals surface area contributed by atoms with Crippen LogP contribution in [-0.2, 0) is 4.79 Å². The third kappa shape index (κ3) is 2.59. The average Bonchev–Trinajstić information content (AvgIpc) is 2.35. The fraction of sp³-hybridized carbons (Fsp3) is 0.733. The highest BCUT2D eigenvalue weighted by Gasteiger charge is 2.35. The summed E-state index contributed by atoms with van der Waals surface area (Å²) in [5.74, 6) is 0.436. The Morgan fingerprint density at radius 3 is 2.55 bits per heavy atom. The molecule has 0 amide bonds. The van der Waals surface area contributed by atoms with Crippen molar-refractivity contribution in [1.29, 1.82) is 0 Å². The van der Waals surface area contributed by atoms with Crippen LogP contribution >= 0.6 is 0 Å². The second kappa shape index (κ2) is 5.56. The average molecular weight is 279 g/mol. The number of hydrogen-bond donors (Lipinski definition) is 1. The molecule has 2 rings (SSSR count). The number of nitrogens with zero attached hydrogens (tertiary/aromatic N) is 3. The molecule has 0 saturated carbocycles. The number of hydrogen-bond acceptors (Lipinski definition) is 4. The maximum atomic E-state index is 11.5. The Bertz CT molecular complexity index is 468. The van der Waals surface area contributed by atoms with Gasteiger partial charge in [-0.15, -0.1) is 0 Å². The van der Waals surface area contributed by atoms with Crippen LogP contribution in [0.3, 0.4) is 0 Å². The highest BCUT2D eigenvalue weighted by Crippen LogP contribution is 2.27. The van der Waals surface area contributed by atoms with Gasteiger partial charge >= 0.3 is 5.97 Å². The van der Waals surface area contributed by atoms with Crippen LogP contribution in [0.4, 0.5) is 0 Å². The number of amidine groups is 1. The third-order valence-electron chi connectivity index (χ3n) is 4.42. The minimum absolute atomic E-state index is 0.107. The molecule has 0 aromatic carbocycles. The molecule has 2 aliphatic rings. The van der Waals surface area contributed by atoms with Crippen molar-refractivity contribution >= 4 is 11.8 Å². The van der Waals surface area contributed by atoms with E-state index in [0.29, 0.717) is 6.54 Å². The van der Waals surface area contributed by atoms with Crippen molar-refractivity contribution in [3.8, 4) is 0 Å². The summed E-state index contributed by atoms with van der Waals surface area (Å²) < 4.78 is 0. The van der Waals surface area contributed by atoms with Crippen molar-refractivity contribution < 1.29 is 9.90 Å². The monoisotopic (exact) mass is 279 g/mol. The van der Waals surface area contributed by atoms with Gasteiger partial charge in [-0.1, -0.05) is 13.8 Å². The minimum Gasteiger partial charge on any atom is -0.480 e. The lowest BCUT2D eigenvalue weighted by Crippen LogP contribution is -2.55. The molecule has 112 valence electrons. The summed E-state index contributed by atoms with van der Waals surface area (Å²) in [5.41, 5.74) is 2.50. The Hall–Kier alpha value is -1.36. The molecule has 5 heteroatoms. The van der Waals surface area contributed by atoms with Crippen LogP contribution in [0.5, 0.6) is 0 Å². The lowest BCUT2D eigenvalue weighted by atomic mass is 9.98. The predicted molar refractivity (Wildman–Crippen MR) is 79.8 cm³/mol. The molecule has 20 heavy (non-hydrogen) atoms. The van der Waals surface area contributed by atoms with E-state index in [0.717, 1.165) is 18.9 Å². The normalized spacial score (nSPS) is 25.6. The van der Waals surface area contributed by atoms with Gasteiger partial charge in [0.25, 0.3) is 0 Å². The Labute approximate surface area is 121 Å². The zero-order valence-electron chi connectivity index (χ0n) is 13.1. The first kappa shape index (κ1) is 15.0. The smallest absolute Gasteiger partial charge is 0.321 e. The van der Waals surface area contributed by atoms with Gasteiger partial charge in [0.1, 0.15) is 11.9 Å². The molecule has 0 bridgehead atoms. The molecule has 1 fully saturated rings. The topological polar surface area (TPSA) is 56.1 Å². The van der Waals surface area contributed by atoms with E-state index in [1.165, 1.54) is 11.3 Å². The van der Waals surface area contributed by atoms with Gasteiger partial charge in [-0.3, -0.25) is 14.7 Å². The van der Waals surface area contributed by atoms with E-state index in [-0.39, 0.29) is 12.0 Å². The minimum atomic E-state index is -0.721. The van der Waals surface area contributed by atoms with Crippen molar-refractivity contribution in [3.63, 3.8) is 0 Å². The van der Waals surface area contributed by atoms with Crippen molar-refractivity contribution in [2.24, 2.45) is 10.9 Å². The standard InChI is InChI=1S/C15H25N3O2/c1-9(2)14(15(19)20)17-6-7-18-12(5)16-11(4)10(3)13(18)8-17/h9,11,14H,6-8H2,1-5H3,(H,19,20)/t11-,14?/m0/s1. The molecular formula is C15H25N3O2. The van der Waals surface area contributed by atoms with Crippen LogP contribution < -0.4 is 0 Å². The third-order valence-corrected chi connectivity index (χ3v) is 4.42. The van der Waals surface area contributed by atoms with Gasteiger partial charge in [0.05, 0.1) is 6.04 Å². The first-order valence-electron chi connectivity index (χ1n) is 7.31. The molecule has 5 nitrogen and oxygen atoms in total. The molecule has 2 heterocycles. The molecule has 1 N–H and O–H groups in total. The Kier molecular flexibility index (Phi) is 4.18. The van der Waals surface area contributed by atoms with Crippen LogP contribution in [0.25, 0.3) is 0 Å². The fourth-order valence-electron chi connectivity index (χ4n) is 3.20. The largest absolute Gasteiger partial charge is 0.480 e. The highest BCUT2D eigenvalue weighted by molar-refractivity contribution is 5.83. The van der Waals surface area contributed by atoms with E-state index >= 15 is 0 Å². The maximum absolute atomic E-state index is 11.5. The van der Waals surface area contributed by atoms with Gasteiger partial charge in [-0.25, -0.2) is 0 Å². The number of rotatable bonds is 3. The van der Waals surface area contributed by atoms with Crippen molar-refractivity contribution in [3.05, 3.63) is 11.3 Å². The summed E-state index contributed by atoms with van der Waals surface area (Å²) in [5, 5.41) is 9.47. The second-order valence-corrected chi connectivity index (χ2v) is 6.13. The van der Waals surface area contributed by atoms with Gasteiger partial charge < -0.3 is 10.0 Å². The molecule has 1 unspecified atom stereocenters. The van der Waals surface area contributed by atoms with E-state index in [1.807, 2.05) is 20.8 Å². The number of aliphatic imine (C=N–C) groups is 1. The lowest BCUT2D eigenvalue weighted by molar-refractivity contribution is -0.145. The van der Waals surface area contributed by atoms with Gasteiger partial charge in [0.15, 0.2) is 0 Å². The quantitative estimate of drug-likeness (QED) is 0.856. The van der Waals surface area contributed by atoms with E-state index < -0.39 is 12.0 Å². The Balaban J connectivity index is 2.25. The van der Waals surface area contributed by atoms with Gasteiger partial charge in [-0.2, -0.15) is 0 Å². The number of fused-ring (bicyclic) bond motifs is 1. The fourth-order valence-corrected chi connectivity index (χ4v) is 3.20. The van der Waals surface area contributed by atoms with Crippen LogP contribution in [-0.4, -0.2) is 58.4 Å². The summed E-state index contributed by atoms with van der Waals surface area (Å²) in [6.07, 6.45) is 0. The zero-order chi connectivity index (χ0) is 15.0. The van der Waals surface area contributed by atoms with E-state index in [4.69, 9.17) is 0 Å². The van der Waals surface area contributed by atoms with Crippen LogP contribution in [0, 0.1) is 5.92 Å². The van der Waals surface area contributed by atoms with E-state index in [2.05, 4.69) is 28.6 Å². The Morgan fingerprint density at radius 1 is 1.35 bits per heavy atom. The predicted octanol–water partition coefficient (Wildman–Crippen LogP) is 1.81. The van der Waals surface area contributed by atoms with Crippen molar-refractivity contribution in [2.45, 2.75) is 46.7 Å². The molecule has 2 aliphatic heterocycles. The van der Waals surface area contributed by atoms with Gasteiger partial charge in [0, 0.05) is 25.3 Å². The summed E-state index contributed by atoms with van der Waals surface area (Å²) in [4.78, 5) is 20.5. The number of carboxylic acid groups (broad SMARTS) is 1. The van der Waals surface area contributed by atoms with Crippen molar-refractivity contribution in [1.82, 2.24) is 9.80 Å². The van der Waals surface area contributed by atoms with Crippen LogP contribution in [0.15, 0.2) is 16.3 Å². The lowest BCUT2D eigenvalue weighted by Gasteiger charge is -2.44. The number of carbonyl (C=O) groups is 1. The molecule has 0 aromatic heterocycles. The van der Waals surface area contributed by atoms with Gasteiger partial charge in [0.2, 0.25) is 0 Å². The number of carboxylic acids is 1. The number of aliphatic carboxylic acids is 1. The number of piperazine rings is 1. The SMILES string of the molecule is CC1=N[C@@H](C)C(C)=C2CN(C(C(=O)O)C(C)C)CCN12. The highest BCUT2D eigenvalue weighted by atomic mass is 16.4. The van der Waals surface area contributed by atoms with E-state index in [9.17, 15) is 9.90 Å². The van der Waals surface area contributed by atoms with Crippen LogP contribution in [0.1, 0.15) is 34.6 Å². The molecule has 2 atom stereocenters. The maximum Gasteiger partial charge on any atom is 0.321 e. The van der Waals surface area contributed by atoms with Crippen molar-refractivity contribution in [2.75, 3.05) is 19.6 Å². The van der Waals surface area contributed by atoms with E-state index in [1.54, 1.807) is 0 Å². The first-order valence-corrected chi connectivity index (χ1v) is 7.31. The zero-order valence-corrected chi connectivity index (χ0v) is 13.1. The molecule has 0 aliphatic carbocycles. The molecule has 0 spiro atoms. The summed E-state index contributed by atoms with van der Waals surface area (Å²) in [6, 6.07) is -0.213. The molecule has 1 saturated heterocycles. The summed E-state index contributed by atoms with van der Waals surface area (Å²) >= 11 is 0. The first-order chi connectivity index (χ1) is 9.32. The second-order valence-electron chi connectivity index (χ2n) is 6.13. The summed E-state index contributed by atoms with van der Waals surface area (Å²) in [7, 11) is 0. The molecule has 0 aromatic rings. The Morgan fingerprint density at radius 2 is 2.00 bits per heavy atom. The van der Waals surface area contributed by atoms with Crippen LogP contribution in [0.2, 0.25) is 0 Å². The van der Waals surface area contributed by atoms with Gasteiger partial charge in [-0.05, 0) is 32.3 Å².